The van der Waals surface area contributed by atoms with Gasteiger partial charge in [0.1, 0.15) is 0 Å². The fraction of sp³-hybridized carbons (Fsp3) is 0.438. The molecule has 0 aliphatic carbocycles. The Bertz CT molecular complexity index is 518. The number of nitrogens with two attached hydrogens (primary N) is 1. The number of hydrogen-bond acceptors (Lipinski definition) is 5. The average molecular weight is 323 g/mol. The molecule has 1 amide bonds. The summed E-state index contributed by atoms with van der Waals surface area (Å²) in [5, 5.41) is 6.05. The zero-order valence-electron chi connectivity index (χ0n) is 13.2. The van der Waals surface area contributed by atoms with E-state index in [0.717, 1.165) is 18.7 Å². The molecule has 1 rings (SSSR count). The molecule has 0 unspecified atom stereocenters. The summed E-state index contributed by atoms with van der Waals surface area (Å²) < 4.78 is 5.21. The van der Waals surface area contributed by atoms with Gasteiger partial charge in [0.05, 0.1) is 12.3 Å². The molecule has 1 aromatic rings. The van der Waals surface area contributed by atoms with Crippen molar-refractivity contribution in [3.63, 3.8) is 0 Å². The molecular formula is C16H25N3O2S. The van der Waals surface area contributed by atoms with E-state index in [1.165, 1.54) is 0 Å². The van der Waals surface area contributed by atoms with Crippen LogP contribution < -0.4 is 16.4 Å². The van der Waals surface area contributed by atoms with Crippen LogP contribution in [0, 0.1) is 0 Å². The second-order valence-corrected chi connectivity index (χ2v) is 5.29. The van der Waals surface area contributed by atoms with Crippen molar-refractivity contribution in [3.05, 3.63) is 29.3 Å². The van der Waals surface area contributed by atoms with Gasteiger partial charge in [-0.15, -0.1) is 12.6 Å². The minimum atomic E-state index is -0.101. The number of nitrogens with one attached hydrogen (secondary N) is 2. The van der Waals surface area contributed by atoms with E-state index in [2.05, 4.69) is 23.3 Å². The number of rotatable bonds is 9. The lowest BCUT2D eigenvalue weighted by Crippen LogP contribution is -2.33. The summed E-state index contributed by atoms with van der Waals surface area (Å²) in [4.78, 5) is 12.7. The molecule has 0 saturated heterocycles. The summed E-state index contributed by atoms with van der Waals surface area (Å²) in [7, 11) is 0. The third-order valence-electron chi connectivity index (χ3n) is 3.06. The van der Waals surface area contributed by atoms with Crippen LogP contribution in [0.1, 0.15) is 19.4 Å². The number of carbonyl (C=O) groups is 1. The molecule has 0 heterocycles. The van der Waals surface area contributed by atoms with Gasteiger partial charge in [0.25, 0.3) is 0 Å². The van der Waals surface area contributed by atoms with Crippen molar-refractivity contribution >= 4 is 30.3 Å². The third-order valence-corrected chi connectivity index (χ3v) is 3.45. The Labute approximate surface area is 137 Å². The summed E-state index contributed by atoms with van der Waals surface area (Å²) in [6, 6.07) is 5.54. The van der Waals surface area contributed by atoms with Crippen LogP contribution in [0.25, 0.3) is 6.08 Å². The van der Waals surface area contributed by atoms with Gasteiger partial charge in [0.2, 0.25) is 5.91 Å². The van der Waals surface area contributed by atoms with Crippen LogP contribution in [0.15, 0.2) is 28.7 Å². The minimum absolute atomic E-state index is 0.101. The van der Waals surface area contributed by atoms with Crippen LogP contribution in [0.2, 0.25) is 0 Å². The Kier molecular flexibility index (Phi) is 8.65. The summed E-state index contributed by atoms with van der Waals surface area (Å²) in [6.07, 6.45) is 1.77. The lowest BCUT2D eigenvalue weighted by molar-refractivity contribution is -0.117. The Hall–Kier alpha value is -1.50. The zero-order valence-corrected chi connectivity index (χ0v) is 14.1. The normalized spacial score (nSPS) is 11.5. The van der Waals surface area contributed by atoms with E-state index in [4.69, 9.17) is 10.5 Å². The standard InChI is InChI=1S/C16H25N3O2S/c1-3-21-10-9-18-7-8-19-16(20)12(2)11-13-5-4-6-14(22)15(13)17/h4-6,11,18,22H,3,7-10,17H2,1-2H3,(H,19,20)/b12-11+. The van der Waals surface area contributed by atoms with E-state index in [1.807, 2.05) is 25.1 Å². The first-order chi connectivity index (χ1) is 10.6. The summed E-state index contributed by atoms with van der Waals surface area (Å²) in [6.45, 7) is 7.19. The van der Waals surface area contributed by atoms with Crippen molar-refractivity contribution < 1.29 is 9.53 Å². The fourth-order valence-electron chi connectivity index (χ4n) is 1.81. The fourth-order valence-corrected chi connectivity index (χ4v) is 2.03. The molecular weight excluding hydrogens is 298 g/mol. The summed E-state index contributed by atoms with van der Waals surface area (Å²) in [5.74, 6) is -0.101. The van der Waals surface area contributed by atoms with Gasteiger partial charge in [-0.3, -0.25) is 4.79 Å². The first-order valence-corrected chi connectivity index (χ1v) is 7.83. The molecule has 22 heavy (non-hydrogen) atoms. The molecule has 1 aromatic carbocycles. The van der Waals surface area contributed by atoms with Crippen LogP contribution in [0.3, 0.4) is 0 Å². The molecule has 0 fully saturated rings. The highest BCUT2D eigenvalue weighted by atomic mass is 32.1. The van der Waals surface area contributed by atoms with E-state index in [-0.39, 0.29) is 5.91 Å². The highest BCUT2D eigenvalue weighted by Gasteiger charge is 2.05. The molecule has 122 valence electrons. The van der Waals surface area contributed by atoms with Gasteiger partial charge in [-0.05, 0) is 31.6 Å². The number of anilines is 1. The van der Waals surface area contributed by atoms with Gasteiger partial charge >= 0.3 is 0 Å². The second-order valence-electron chi connectivity index (χ2n) is 4.81. The van der Waals surface area contributed by atoms with Gasteiger partial charge in [-0.1, -0.05) is 12.1 Å². The van der Waals surface area contributed by atoms with E-state index >= 15 is 0 Å². The van der Waals surface area contributed by atoms with Crippen molar-refractivity contribution in [1.29, 1.82) is 0 Å². The van der Waals surface area contributed by atoms with Gasteiger partial charge < -0.3 is 21.1 Å². The first kappa shape index (κ1) is 18.5. The molecule has 0 radical (unpaired) electrons. The first-order valence-electron chi connectivity index (χ1n) is 7.38. The van der Waals surface area contributed by atoms with E-state index in [0.29, 0.717) is 35.9 Å². The van der Waals surface area contributed by atoms with Crippen LogP contribution in [0.5, 0.6) is 0 Å². The van der Waals surface area contributed by atoms with E-state index < -0.39 is 0 Å². The van der Waals surface area contributed by atoms with Gasteiger partial charge in [-0.25, -0.2) is 0 Å². The predicted molar refractivity (Wildman–Crippen MR) is 94.1 cm³/mol. The predicted octanol–water partition coefficient (Wildman–Crippen LogP) is 1.70. The molecule has 0 saturated carbocycles. The Morgan fingerprint density at radius 2 is 2.14 bits per heavy atom. The number of amides is 1. The number of benzene rings is 1. The molecule has 0 aliphatic heterocycles. The lowest BCUT2D eigenvalue weighted by atomic mass is 10.1. The number of ether oxygens (including phenoxy) is 1. The van der Waals surface area contributed by atoms with Gasteiger partial charge in [0.15, 0.2) is 0 Å². The SMILES string of the molecule is CCOCCNCCNC(=O)/C(C)=C/c1cccc(S)c1N. The zero-order chi connectivity index (χ0) is 16.4. The van der Waals surface area contributed by atoms with Crippen LogP contribution >= 0.6 is 12.6 Å². The van der Waals surface area contributed by atoms with Crippen molar-refractivity contribution in [2.24, 2.45) is 0 Å². The topological polar surface area (TPSA) is 76.4 Å². The maximum Gasteiger partial charge on any atom is 0.246 e. The highest BCUT2D eigenvalue weighted by Crippen LogP contribution is 2.22. The highest BCUT2D eigenvalue weighted by molar-refractivity contribution is 7.80. The Balaban J connectivity index is 2.38. The molecule has 0 aliphatic rings. The van der Waals surface area contributed by atoms with Gasteiger partial charge in [0, 0.05) is 36.7 Å². The van der Waals surface area contributed by atoms with Crippen LogP contribution in [0.4, 0.5) is 5.69 Å². The quantitative estimate of drug-likeness (QED) is 0.241. The second kappa shape index (κ2) is 10.3. The molecule has 5 nitrogen and oxygen atoms in total. The monoisotopic (exact) mass is 323 g/mol. The molecule has 0 aromatic heterocycles. The number of hydrogen-bond donors (Lipinski definition) is 4. The maximum atomic E-state index is 12.0. The Morgan fingerprint density at radius 3 is 2.86 bits per heavy atom. The molecule has 4 N–H and O–H groups in total. The van der Waals surface area contributed by atoms with Crippen molar-refractivity contribution in [2.45, 2.75) is 18.7 Å². The maximum absolute atomic E-state index is 12.0. The smallest absolute Gasteiger partial charge is 0.246 e. The van der Waals surface area contributed by atoms with Gasteiger partial charge in [-0.2, -0.15) is 0 Å². The van der Waals surface area contributed by atoms with E-state index in [9.17, 15) is 4.79 Å². The lowest BCUT2D eigenvalue weighted by Gasteiger charge is -2.08. The third kappa shape index (κ3) is 6.51. The molecule has 0 atom stereocenters. The van der Waals surface area contributed by atoms with Crippen molar-refractivity contribution in [3.8, 4) is 0 Å². The molecule has 0 spiro atoms. The minimum Gasteiger partial charge on any atom is -0.397 e. The molecule has 0 bridgehead atoms. The largest absolute Gasteiger partial charge is 0.397 e. The number of nitrogen functional groups attached to an aromatic ring is 1. The van der Waals surface area contributed by atoms with Crippen molar-refractivity contribution in [1.82, 2.24) is 10.6 Å². The van der Waals surface area contributed by atoms with Crippen LogP contribution in [-0.2, 0) is 9.53 Å². The summed E-state index contributed by atoms with van der Waals surface area (Å²) >= 11 is 4.27. The van der Waals surface area contributed by atoms with Crippen molar-refractivity contribution in [2.75, 3.05) is 38.6 Å². The molecule has 6 heteroatoms. The van der Waals surface area contributed by atoms with E-state index in [1.54, 1.807) is 13.0 Å². The number of para-hydroxylation sites is 1. The average Bonchev–Trinajstić information content (AvgIpc) is 2.50. The Morgan fingerprint density at radius 1 is 1.36 bits per heavy atom. The number of carbonyl (C=O) groups excluding carboxylic acids is 1. The number of thiol groups is 1. The summed E-state index contributed by atoms with van der Waals surface area (Å²) in [5.41, 5.74) is 7.93. The van der Waals surface area contributed by atoms with Crippen LogP contribution in [-0.4, -0.2) is 38.8 Å².